The van der Waals surface area contributed by atoms with E-state index in [2.05, 4.69) is 0 Å². The predicted octanol–water partition coefficient (Wildman–Crippen LogP) is 1.14. The average molecular weight is 218 g/mol. The SMILES string of the molecule is CO[Si](OC)(OC)c1sccc1C. The molecule has 3 nitrogen and oxygen atoms in total. The molecule has 5 heteroatoms. The van der Waals surface area contributed by atoms with E-state index < -0.39 is 8.80 Å². The summed E-state index contributed by atoms with van der Waals surface area (Å²) < 4.78 is 17.2. The third-order valence-electron chi connectivity index (χ3n) is 1.95. The summed E-state index contributed by atoms with van der Waals surface area (Å²) in [5.41, 5.74) is 1.17. The number of thiophene rings is 1. The highest BCUT2D eigenvalue weighted by Gasteiger charge is 2.43. The first kappa shape index (κ1) is 10.9. The highest BCUT2D eigenvalue weighted by Crippen LogP contribution is 2.14. The summed E-state index contributed by atoms with van der Waals surface area (Å²) in [5.74, 6) is 0. The van der Waals surface area contributed by atoms with Gasteiger partial charge in [-0.25, -0.2) is 0 Å². The molecule has 0 fully saturated rings. The molecule has 0 aliphatic rings. The maximum atomic E-state index is 5.37. The molecule has 0 radical (unpaired) electrons. The Hall–Kier alpha value is -0.203. The second kappa shape index (κ2) is 4.34. The second-order valence-electron chi connectivity index (χ2n) is 2.60. The van der Waals surface area contributed by atoms with Gasteiger partial charge in [0.15, 0.2) is 0 Å². The van der Waals surface area contributed by atoms with E-state index in [9.17, 15) is 0 Å². The summed E-state index contributed by atoms with van der Waals surface area (Å²) in [5, 5.41) is 2.02. The van der Waals surface area contributed by atoms with Crippen LogP contribution in [0.25, 0.3) is 0 Å². The van der Waals surface area contributed by atoms with Crippen LogP contribution in [0.15, 0.2) is 11.4 Å². The van der Waals surface area contributed by atoms with Gasteiger partial charge in [0, 0.05) is 21.3 Å². The highest BCUT2D eigenvalue weighted by molar-refractivity contribution is 7.23. The van der Waals surface area contributed by atoms with Crippen molar-refractivity contribution < 1.29 is 13.3 Å². The molecule has 1 aromatic rings. The van der Waals surface area contributed by atoms with Gasteiger partial charge in [0.2, 0.25) is 0 Å². The van der Waals surface area contributed by atoms with Crippen LogP contribution in [0.4, 0.5) is 0 Å². The Morgan fingerprint density at radius 2 is 1.69 bits per heavy atom. The van der Waals surface area contributed by atoms with Gasteiger partial charge >= 0.3 is 8.80 Å². The Bertz CT molecular complexity index is 262. The quantitative estimate of drug-likeness (QED) is 0.709. The lowest BCUT2D eigenvalue weighted by Gasteiger charge is -2.23. The van der Waals surface area contributed by atoms with Crippen molar-refractivity contribution in [2.75, 3.05) is 21.3 Å². The molecule has 1 heterocycles. The van der Waals surface area contributed by atoms with Gasteiger partial charge in [0.1, 0.15) is 0 Å². The zero-order valence-electron chi connectivity index (χ0n) is 8.29. The fourth-order valence-electron chi connectivity index (χ4n) is 1.21. The summed E-state index contributed by atoms with van der Waals surface area (Å²) in [6, 6.07) is 2.04. The lowest BCUT2D eigenvalue weighted by molar-refractivity contribution is 0.141. The van der Waals surface area contributed by atoms with Crippen molar-refractivity contribution in [3.8, 4) is 0 Å². The molecule has 0 saturated carbocycles. The average Bonchev–Trinajstić information content (AvgIpc) is 2.57. The van der Waals surface area contributed by atoms with Crippen LogP contribution in [-0.2, 0) is 13.3 Å². The number of aryl methyl sites for hydroxylation is 1. The van der Waals surface area contributed by atoms with Crippen molar-refractivity contribution in [1.29, 1.82) is 0 Å². The summed E-state index contributed by atoms with van der Waals surface area (Å²) in [6.45, 7) is 2.03. The van der Waals surface area contributed by atoms with E-state index in [0.717, 1.165) is 4.50 Å². The van der Waals surface area contributed by atoms with Gasteiger partial charge in [0.05, 0.1) is 4.50 Å². The third-order valence-corrected chi connectivity index (χ3v) is 6.44. The monoisotopic (exact) mass is 218 g/mol. The Balaban J connectivity index is 3.07. The number of rotatable bonds is 4. The summed E-state index contributed by atoms with van der Waals surface area (Å²) in [4.78, 5) is 0. The molecule has 0 amide bonds. The summed E-state index contributed by atoms with van der Waals surface area (Å²) in [6.07, 6.45) is 0. The molecule has 0 atom stereocenters. The fraction of sp³-hybridized carbons (Fsp3) is 0.500. The van der Waals surface area contributed by atoms with Gasteiger partial charge in [-0.1, -0.05) is 0 Å². The molecule has 0 bridgehead atoms. The van der Waals surface area contributed by atoms with Crippen LogP contribution in [0.2, 0.25) is 0 Å². The first-order valence-electron chi connectivity index (χ1n) is 3.90. The number of hydrogen-bond acceptors (Lipinski definition) is 4. The summed E-state index contributed by atoms with van der Waals surface area (Å²) >= 11 is 1.62. The van der Waals surface area contributed by atoms with Crippen LogP contribution in [0.5, 0.6) is 0 Å². The minimum atomic E-state index is -2.57. The van der Waals surface area contributed by atoms with E-state index in [-0.39, 0.29) is 0 Å². The molecule has 0 N–H and O–H groups in total. The van der Waals surface area contributed by atoms with Crippen LogP contribution in [-0.4, -0.2) is 30.1 Å². The van der Waals surface area contributed by atoms with Gasteiger partial charge < -0.3 is 13.3 Å². The normalized spacial score (nSPS) is 12.0. The fourth-order valence-corrected chi connectivity index (χ4v) is 5.03. The van der Waals surface area contributed by atoms with Crippen molar-refractivity contribution >= 4 is 24.6 Å². The molecule has 0 aliphatic heterocycles. The maximum absolute atomic E-state index is 5.37. The van der Waals surface area contributed by atoms with Crippen LogP contribution in [0.3, 0.4) is 0 Å². The van der Waals surface area contributed by atoms with Gasteiger partial charge in [-0.3, -0.25) is 0 Å². The minimum Gasteiger partial charge on any atom is -0.373 e. The van der Waals surface area contributed by atoms with E-state index in [1.807, 2.05) is 18.4 Å². The molecule has 1 aromatic heterocycles. The van der Waals surface area contributed by atoms with Crippen molar-refractivity contribution in [3.63, 3.8) is 0 Å². The van der Waals surface area contributed by atoms with Gasteiger partial charge in [-0.2, -0.15) is 0 Å². The van der Waals surface area contributed by atoms with E-state index in [1.165, 1.54) is 5.56 Å². The molecular formula is C8H14O3SSi. The Morgan fingerprint density at radius 3 is 2.00 bits per heavy atom. The molecular weight excluding hydrogens is 204 g/mol. The molecule has 0 unspecified atom stereocenters. The molecule has 1 rings (SSSR count). The van der Waals surface area contributed by atoms with E-state index in [0.29, 0.717) is 0 Å². The molecule has 0 spiro atoms. The Labute approximate surface area is 83.6 Å². The Morgan fingerprint density at radius 1 is 1.15 bits per heavy atom. The Kier molecular flexibility index (Phi) is 3.63. The standard InChI is InChI=1S/C8H14O3SSi/c1-7-5-6-12-8(7)13(9-2,10-3)11-4/h5-6H,1-4H3. The number of hydrogen-bond donors (Lipinski definition) is 0. The minimum absolute atomic E-state index is 1.08. The second-order valence-corrected chi connectivity index (χ2v) is 6.72. The van der Waals surface area contributed by atoms with Gasteiger partial charge in [-0.05, 0) is 23.9 Å². The van der Waals surface area contributed by atoms with Crippen LogP contribution in [0.1, 0.15) is 5.56 Å². The van der Waals surface area contributed by atoms with E-state index in [1.54, 1.807) is 32.7 Å². The maximum Gasteiger partial charge on any atom is 0.547 e. The van der Waals surface area contributed by atoms with Gasteiger partial charge in [0.25, 0.3) is 0 Å². The zero-order chi connectivity index (χ0) is 9.90. The topological polar surface area (TPSA) is 27.7 Å². The lowest BCUT2D eigenvalue weighted by Crippen LogP contribution is -2.54. The van der Waals surface area contributed by atoms with E-state index in [4.69, 9.17) is 13.3 Å². The lowest BCUT2D eigenvalue weighted by atomic mass is 10.4. The third kappa shape index (κ3) is 1.84. The van der Waals surface area contributed by atoms with Crippen LogP contribution < -0.4 is 4.50 Å². The van der Waals surface area contributed by atoms with Gasteiger partial charge in [-0.15, -0.1) is 11.3 Å². The molecule has 13 heavy (non-hydrogen) atoms. The molecule has 0 aromatic carbocycles. The van der Waals surface area contributed by atoms with Crippen LogP contribution >= 0.6 is 11.3 Å². The van der Waals surface area contributed by atoms with Crippen molar-refractivity contribution in [3.05, 3.63) is 17.0 Å². The largest absolute Gasteiger partial charge is 0.547 e. The smallest absolute Gasteiger partial charge is 0.373 e. The first-order valence-corrected chi connectivity index (χ1v) is 6.50. The molecule has 74 valence electrons. The predicted molar refractivity (Wildman–Crippen MR) is 55.5 cm³/mol. The highest BCUT2D eigenvalue weighted by atomic mass is 32.1. The van der Waals surface area contributed by atoms with E-state index >= 15 is 0 Å². The van der Waals surface area contributed by atoms with Crippen molar-refractivity contribution in [2.45, 2.75) is 6.92 Å². The molecule has 0 aliphatic carbocycles. The molecule has 0 saturated heterocycles. The van der Waals surface area contributed by atoms with Crippen molar-refractivity contribution in [1.82, 2.24) is 0 Å². The summed E-state index contributed by atoms with van der Waals surface area (Å²) in [7, 11) is 2.30. The first-order chi connectivity index (χ1) is 6.20. The van der Waals surface area contributed by atoms with Crippen molar-refractivity contribution in [2.24, 2.45) is 0 Å². The van der Waals surface area contributed by atoms with Crippen LogP contribution in [0, 0.1) is 6.92 Å². The zero-order valence-corrected chi connectivity index (χ0v) is 10.1.